The van der Waals surface area contributed by atoms with Crippen LogP contribution >= 0.6 is 11.6 Å². The fourth-order valence-corrected chi connectivity index (χ4v) is 2.65. The summed E-state index contributed by atoms with van der Waals surface area (Å²) in [7, 11) is 0. The Bertz CT molecular complexity index is 1010. The van der Waals surface area contributed by atoms with Gasteiger partial charge in [0.25, 0.3) is 0 Å². The van der Waals surface area contributed by atoms with Crippen molar-refractivity contribution in [3.05, 3.63) is 62.0 Å². The molecule has 3 aromatic rings. The lowest BCUT2D eigenvalue weighted by molar-refractivity contribution is 0.478. The Labute approximate surface area is 143 Å². The van der Waals surface area contributed by atoms with Crippen LogP contribution in [0.5, 0.6) is 0 Å². The van der Waals surface area contributed by atoms with Crippen LogP contribution in [-0.2, 0) is 6.54 Å². The molecule has 0 aliphatic heterocycles. The molecule has 0 radical (unpaired) electrons. The molecule has 0 N–H and O–H groups in total. The Morgan fingerprint density at radius 1 is 1.21 bits per heavy atom. The van der Waals surface area contributed by atoms with E-state index in [1.807, 2.05) is 19.1 Å². The molecule has 2 aromatic heterocycles. The first-order chi connectivity index (χ1) is 11.4. The van der Waals surface area contributed by atoms with E-state index in [4.69, 9.17) is 11.6 Å². The van der Waals surface area contributed by atoms with E-state index in [1.165, 1.54) is 13.6 Å². The number of rotatable bonds is 4. The number of benzene rings is 1. The molecule has 2 heterocycles. The van der Waals surface area contributed by atoms with Gasteiger partial charge in [0, 0.05) is 24.0 Å². The molecule has 0 amide bonds. The molecule has 0 unspecified atom stereocenters. The van der Waals surface area contributed by atoms with Crippen molar-refractivity contribution >= 4 is 17.2 Å². The van der Waals surface area contributed by atoms with Crippen molar-refractivity contribution in [1.82, 2.24) is 18.7 Å². The molecule has 0 atom stereocenters. The van der Waals surface area contributed by atoms with Crippen LogP contribution in [0.3, 0.4) is 0 Å². The summed E-state index contributed by atoms with van der Waals surface area (Å²) in [6, 6.07) is 5.39. The van der Waals surface area contributed by atoms with Crippen molar-refractivity contribution < 1.29 is 0 Å². The summed E-state index contributed by atoms with van der Waals surface area (Å²) in [5, 5.41) is 4.79. The van der Waals surface area contributed by atoms with Gasteiger partial charge < -0.3 is 0 Å². The Balaban J connectivity index is 2.12. The van der Waals surface area contributed by atoms with Gasteiger partial charge in [0.05, 0.1) is 5.69 Å². The molecular formula is C17H19ClN4O2. The van der Waals surface area contributed by atoms with Crippen molar-refractivity contribution in [2.45, 2.75) is 33.7 Å². The van der Waals surface area contributed by atoms with Gasteiger partial charge in [-0.3, -0.25) is 9.36 Å². The van der Waals surface area contributed by atoms with E-state index in [0.29, 0.717) is 23.2 Å². The van der Waals surface area contributed by atoms with E-state index >= 15 is 0 Å². The summed E-state index contributed by atoms with van der Waals surface area (Å²) in [5.74, 6) is 0.452. The first-order valence-electron chi connectivity index (χ1n) is 7.86. The maximum Gasteiger partial charge on any atom is 0.350 e. The highest BCUT2D eigenvalue weighted by atomic mass is 35.5. The topological polar surface area (TPSA) is 61.3 Å². The fraction of sp³-hybridized carbons (Fsp3) is 0.353. The molecular weight excluding hydrogens is 328 g/mol. The third kappa shape index (κ3) is 2.89. The second-order valence-electron chi connectivity index (χ2n) is 6.29. The third-order valence-corrected chi connectivity index (χ3v) is 4.40. The maximum atomic E-state index is 12.7. The molecule has 0 fully saturated rings. The van der Waals surface area contributed by atoms with Gasteiger partial charge in [-0.25, -0.2) is 13.9 Å². The van der Waals surface area contributed by atoms with Crippen LogP contribution in [0.1, 0.15) is 25.8 Å². The molecule has 0 saturated carbocycles. The number of fused-ring (bicyclic) bond motifs is 1. The zero-order valence-corrected chi connectivity index (χ0v) is 14.6. The van der Waals surface area contributed by atoms with Gasteiger partial charge in [-0.05, 0) is 37.0 Å². The number of halogens is 1. The summed E-state index contributed by atoms with van der Waals surface area (Å²) in [4.78, 5) is 25.0. The molecule has 6 nitrogen and oxygen atoms in total. The second-order valence-corrected chi connectivity index (χ2v) is 6.70. The minimum absolute atomic E-state index is 0.114. The number of hydrogen-bond donors (Lipinski definition) is 0. The monoisotopic (exact) mass is 346 g/mol. The highest BCUT2D eigenvalue weighted by Gasteiger charge is 2.13. The fourth-order valence-electron chi connectivity index (χ4n) is 2.47. The van der Waals surface area contributed by atoms with Crippen LogP contribution in [0.2, 0.25) is 5.02 Å². The molecule has 0 aliphatic carbocycles. The average molecular weight is 347 g/mol. The molecule has 0 spiro atoms. The lowest BCUT2D eigenvalue weighted by Crippen LogP contribution is -2.24. The minimum Gasteiger partial charge on any atom is -0.280 e. The van der Waals surface area contributed by atoms with Gasteiger partial charge in [0.2, 0.25) is 5.65 Å². The van der Waals surface area contributed by atoms with E-state index in [9.17, 15) is 9.59 Å². The first-order valence-corrected chi connectivity index (χ1v) is 8.23. The van der Waals surface area contributed by atoms with Gasteiger partial charge in [0.15, 0.2) is 0 Å². The summed E-state index contributed by atoms with van der Waals surface area (Å²) < 4.78 is 4.08. The summed E-state index contributed by atoms with van der Waals surface area (Å²) in [6.07, 6.45) is 3.95. The largest absolute Gasteiger partial charge is 0.350 e. The van der Waals surface area contributed by atoms with Gasteiger partial charge in [-0.2, -0.15) is 0 Å². The summed E-state index contributed by atoms with van der Waals surface area (Å²) in [5.41, 5.74) is 1.05. The molecule has 0 saturated heterocycles. The standard InChI is InChI=1S/C17H19ClN4O2/c1-11(2)6-7-22-17(24)21-9-8-20(16(23)15(21)19-22)13-5-4-12(3)14(18)10-13/h4-5,8-11H,6-7H2,1-3H3. The van der Waals surface area contributed by atoms with Crippen LogP contribution in [0.15, 0.2) is 40.2 Å². The molecule has 1 aromatic carbocycles. The van der Waals surface area contributed by atoms with E-state index in [0.717, 1.165) is 12.0 Å². The number of aromatic nitrogens is 4. The van der Waals surface area contributed by atoms with E-state index in [2.05, 4.69) is 18.9 Å². The number of nitrogens with zero attached hydrogens (tertiary/aromatic N) is 4. The van der Waals surface area contributed by atoms with Crippen molar-refractivity contribution in [2.75, 3.05) is 0 Å². The average Bonchev–Trinajstić information content (AvgIpc) is 2.86. The number of hydrogen-bond acceptors (Lipinski definition) is 3. The Morgan fingerprint density at radius 2 is 1.96 bits per heavy atom. The van der Waals surface area contributed by atoms with Gasteiger partial charge >= 0.3 is 11.2 Å². The van der Waals surface area contributed by atoms with Gasteiger partial charge in [-0.1, -0.05) is 31.5 Å². The van der Waals surface area contributed by atoms with Crippen molar-refractivity contribution in [2.24, 2.45) is 5.92 Å². The highest BCUT2D eigenvalue weighted by molar-refractivity contribution is 6.31. The molecule has 0 bridgehead atoms. The molecule has 7 heteroatoms. The second kappa shape index (κ2) is 6.28. The minimum atomic E-state index is -0.349. The summed E-state index contributed by atoms with van der Waals surface area (Å²) >= 11 is 6.14. The Hall–Kier alpha value is -2.34. The third-order valence-electron chi connectivity index (χ3n) is 4.00. The summed E-state index contributed by atoms with van der Waals surface area (Å²) in [6.45, 7) is 6.55. The van der Waals surface area contributed by atoms with E-state index in [1.54, 1.807) is 18.5 Å². The van der Waals surface area contributed by atoms with Gasteiger partial charge in [-0.15, -0.1) is 5.10 Å². The highest BCUT2D eigenvalue weighted by Crippen LogP contribution is 2.18. The van der Waals surface area contributed by atoms with Crippen LogP contribution in [-0.4, -0.2) is 18.7 Å². The Morgan fingerprint density at radius 3 is 2.62 bits per heavy atom. The van der Waals surface area contributed by atoms with E-state index < -0.39 is 0 Å². The quantitative estimate of drug-likeness (QED) is 0.729. The first kappa shape index (κ1) is 16.5. The van der Waals surface area contributed by atoms with E-state index in [-0.39, 0.29) is 16.9 Å². The molecule has 0 aliphatic rings. The van der Waals surface area contributed by atoms with Gasteiger partial charge in [0.1, 0.15) is 0 Å². The van der Waals surface area contributed by atoms with Crippen LogP contribution in [0, 0.1) is 12.8 Å². The van der Waals surface area contributed by atoms with Crippen LogP contribution < -0.4 is 11.2 Å². The predicted octanol–water partition coefficient (Wildman–Crippen LogP) is 2.65. The maximum absolute atomic E-state index is 12.7. The van der Waals surface area contributed by atoms with Crippen molar-refractivity contribution in [1.29, 1.82) is 0 Å². The van der Waals surface area contributed by atoms with Crippen LogP contribution in [0.25, 0.3) is 11.3 Å². The lowest BCUT2D eigenvalue weighted by atomic mass is 10.1. The van der Waals surface area contributed by atoms with Crippen molar-refractivity contribution in [3.63, 3.8) is 0 Å². The predicted molar refractivity (Wildman–Crippen MR) is 94.3 cm³/mol. The smallest absolute Gasteiger partial charge is 0.280 e. The van der Waals surface area contributed by atoms with Crippen LogP contribution in [0.4, 0.5) is 0 Å². The number of aryl methyl sites for hydroxylation is 2. The zero-order valence-electron chi connectivity index (χ0n) is 13.9. The molecule has 126 valence electrons. The zero-order chi connectivity index (χ0) is 17.4. The molecule has 24 heavy (non-hydrogen) atoms. The Kier molecular flexibility index (Phi) is 4.32. The lowest BCUT2D eigenvalue weighted by Gasteiger charge is -2.07. The van der Waals surface area contributed by atoms with Crippen molar-refractivity contribution in [3.8, 4) is 5.69 Å². The SMILES string of the molecule is Cc1ccc(-n2ccn3c(=O)n(CCC(C)C)nc3c2=O)cc1Cl. The molecule has 3 rings (SSSR count). The normalized spacial score (nSPS) is 11.5.